The lowest BCUT2D eigenvalue weighted by Crippen LogP contribution is -2.49. The molecular weight excluding hydrogens is 519 g/mol. The molecule has 3 heterocycles. The molecule has 0 bridgehead atoms. The molecule has 2 nitrogen and oxygen atoms in total. The Hall–Kier alpha value is -4.76. The second-order valence-corrected chi connectivity index (χ2v) is 13.7. The van der Waals surface area contributed by atoms with Gasteiger partial charge in [0.25, 0.3) is 0 Å². The van der Waals surface area contributed by atoms with Crippen LogP contribution in [-0.2, 0) is 10.8 Å². The molecule has 0 spiro atoms. The van der Waals surface area contributed by atoms with E-state index in [0.717, 1.165) is 0 Å². The highest BCUT2D eigenvalue weighted by Gasteiger charge is 2.56. The molecule has 0 unspecified atom stereocenters. The highest BCUT2D eigenvalue weighted by atomic mass is 15.2. The number of hydrogen-bond donors (Lipinski definition) is 0. The Bertz CT molecular complexity index is 2300. The van der Waals surface area contributed by atoms with E-state index in [4.69, 9.17) is 0 Å². The lowest BCUT2D eigenvalue weighted by molar-refractivity contribution is 0.665. The van der Waals surface area contributed by atoms with Crippen LogP contribution in [0, 0.1) is 0 Å². The maximum absolute atomic E-state index is 2.65. The van der Waals surface area contributed by atoms with Gasteiger partial charge in [-0.25, -0.2) is 0 Å². The maximum Gasteiger partial charge on any atom is 0.249 e. The molecule has 0 fully saturated rings. The summed E-state index contributed by atoms with van der Waals surface area (Å²) in [6.07, 6.45) is 0. The van der Waals surface area contributed by atoms with Crippen molar-refractivity contribution in [2.75, 3.05) is 4.90 Å². The van der Waals surface area contributed by atoms with Crippen molar-refractivity contribution in [3.8, 4) is 0 Å². The molecule has 0 N–H and O–H groups in total. The van der Waals surface area contributed by atoms with E-state index in [2.05, 4.69) is 152 Å². The van der Waals surface area contributed by atoms with Crippen molar-refractivity contribution in [2.45, 2.75) is 38.5 Å². The van der Waals surface area contributed by atoms with Crippen LogP contribution < -0.4 is 10.4 Å². The molecule has 0 saturated heterocycles. The molecule has 43 heavy (non-hydrogen) atoms. The molecule has 204 valence electrons. The van der Waals surface area contributed by atoms with Gasteiger partial charge in [-0.3, -0.25) is 0 Å². The normalized spacial score (nSPS) is 18.3. The molecule has 0 radical (unpaired) electrons. The number of aromatic nitrogens is 1. The number of anilines is 2. The largest absolute Gasteiger partial charge is 0.313 e. The predicted octanol–water partition coefficient (Wildman–Crippen LogP) is 9.10. The molecule has 4 aliphatic rings. The van der Waals surface area contributed by atoms with Gasteiger partial charge in [0.2, 0.25) is 6.71 Å². The predicted molar refractivity (Wildman–Crippen MR) is 182 cm³/mol. The number of hydrogen-bond acceptors (Lipinski definition) is 1. The quantitative estimate of drug-likeness (QED) is 0.185. The minimum atomic E-state index is -0.141. The van der Waals surface area contributed by atoms with Crippen LogP contribution in [0.1, 0.15) is 49.9 Å². The van der Waals surface area contributed by atoms with Gasteiger partial charge in [0, 0.05) is 49.9 Å². The zero-order chi connectivity index (χ0) is 28.8. The standard InChI is InChI=1S/C40H31BN2/c1-39(2)30-20-12-9-18-28(30)36-37(39)41-33-27-17-8-11-19-29(27)40(3,4)38(33)43-31-21-13-10-16-25(31)26-22-23-32(34(41)35(26)43)42(36)24-14-6-5-7-15-24/h5-23H,1-4H3. The van der Waals surface area contributed by atoms with Crippen molar-refractivity contribution >= 4 is 62.2 Å². The summed E-state index contributed by atoms with van der Waals surface area (Å²) in [5.74, 6) is 0. The van der Waals surface area contributed by atoms with Gasteiger partial charge in [-0.2, -0.15) is 0 Å². The number of nitrogens with zero attached hydrogens (tertiary/aromatic N) is 2. The molecular formula is C40H31BN2. The van der Waals surface area contributed by atoms with Crippen molar-refractivity contribution in [3.05, 3.63) is 143 Å². The minimum absolute atomic E-state index is 0.138. The van der Waals surface area contributed by atoms with E-state index in [1.165, 1.54) is 83.2 Å². The minimum Gasteiger partial charge on any atom is -0.313 e. The van der Waals surface area contributed by atoms with Gasteiger partial charge in [-0.05, 0) is 51.9 Å². The molecule has 5 aromatic carbocycles. The van der Waals surface area contributed by atoms with Crippen LogP contribution in [0.25, 0.3) is 38.7 Å². The van der Waals surface area contributed by atoms with E-state index in [1.54, 1.807) is 0 Å². The van der Waals surface area contributed by atoms with E-state index in [1.807, 2.05) is 0 Å². The third-order valence-electron chi connectivity index (χ3n) is 10.9. The molecule has 0 amide bonds. The first kappa shape index (κ1) is 23.8. The Balaban J connectivity index is 1.45. The Labute approximate surface area is 252 Å². The Morgan fingerprint density at radius 2 is 1.23 bits per heavy atom. The van der Waals surface area contributed by atoms with Gasteiger partial charge in [0.15, 0.2) is 0 Å². The van der Waals surface area contributed by atoms with Gasteiger partial charge in [-0.1, -0.05) is 124 Å². The van der Waals surface area contributed by atoms with Gasteiger partial charge >= 0.3 is 0 Å². The number of rotatable bonds is 1. The highest BCUT2D eigenvalue weighted by molar-refractivity contribution is 7.01. The van der Waals surface area contributed by atoms with Crippen molar-refractivity contribution in [3.63, 3.8) is 0 Å². The van der Waals surface area contributed by atoms with Crippen LogP contribution in [0.2, 0.25) is 0 Å². The Kier molecular flexibility index (Phi) is 4.20. The van der Waals surface area contributed by atoms with E-state index in [9.17, 15) is 0 Å². The number of para-hydroxylation sites is 2. The van der Waals surface area contributed by atoms with Crippen molar-refractivity contribution < 1.29 is 0 Å². The van der Waals surface area contributed by atoms with Gasteiger partial charge in [-0.15, -0.1) is 0 Å². The van der Waals surface area contributed by atoms with Crippen LogP contribution in [0.4, 0.5) is 11.4 Å². The fourth-order valence-electron chi connectivity index (χ4n) is 9.29. The first-order valence-electron chi connectivity index (χ1n) is 15.5. The maximum atomic E-state index is 2.65. The first-order chi connectivity index (χ1) is 20.9. The van der Waals surface area contributed by atoms with Gasteiger partial charge in [0.1, 0.15) is 0 Å². The monoisotopic (exact) mass is 550 g/mol. The van der Waals surface area contributed by atoms with Gasteiger partial charge < -0.3 is 9.47 Å². The third kappa shape index (κ3) is 2.61. The average Bonchev–Trinajstić information content (AvgIpc) is 3.58. The average molecular weight is 551 g/mol. The summed E-state index contributed by atoms with van der Waals surface area (Å²) in [6, 6.07) is 43.2. The summed E-state index contributed by atoms with van der Waals surface area (Å²) >= 11 is 0. The zero-order valence-electron chi connectivity index (χ0n) is 24.9. The zero-order valence-corrected chi connectivity index (χ0v) is 24.9. The van der Waals surface area contributed by atoms with Crippen molar-refractivity contribution in [1.82, 2.24) is 4.57 Å². The van der Waals surface area contributed by atoms with E-state index >= 15 is 0 Å². The fraction of sp³-hybridized carbons (Fsp3) is 0.150. The summed E-state index contributed by atoms with van der Waals surface area (Å²) in [4.78, 5) is 2.58. The van der Waals surface area contributed by atoms with Gasteiger partial charge in [0.05, 0.1) is 11.0 Å². The fourth-order valence-corrected chi connectivity index (χ4v) is 9.29. The molecule has 6 aromatic rings. The molecule has 3 heteroatoms. The van der Waals surface area contributed by atoms with Crippen molar-refractivity contribution in [1.29, 1.82) is 0 Å². The summed E-state index contributed by atoms with van der Waals surface area (Å²) < 4.78 is 2.65. The Morgan fingerprint density at radius 1 is 0.581 bits per heavy atom. The van der Waals surface area contributed by atoms with Crippen molar-refractivity contribution in [2.24, 2.45) is 0 Å². The van der Waals surface area contributed by atoms with Crippen LogP contribution in [0.5, 0.6) is 0 Å². The van der Waals surface area contributed by atoms with Crippen LogP contribution in [0.3, 0.4) is 0 Å². The number of fused-ring (bicyclic) bond motifs is 10. The number of benzene rings is 5. The third-order valence-corrected chi connectivity index (χ3v) is 10.9. The van der Waals surface area contributed by atoms with Crippen LogP contribution >= 0.6 is 0 Å². The summed E-state index contributed by atoms with van der Waals surface area (Å²) in [6.45, 7) is 9.95. The molecule has 10 rings (SSSR count). The number of allylic oxidation sites excluding steroid dienone is 2. The Morgan fingerprint density at radius 3 is 2.02 bits per heavy atom. The van der Waals surface area contributed by atoms with E-state index < -0.39 is 0 Å². The SMILES string of the molecule is CC1(C)C2=C(c3ccccc31)N(c1ccccc1)c1ccc3c4ccccc4n4c3c1B2C1=C4C(C)(C)c2ccccc21. The lowest BCUT2D eigenvalue weighted by atomic mass is 9.29. The summed E-state index contributed by atoms with van der Waals surface area (Å²) in [7, 11) is 0. The topological polar surface area (TPSA) is 8.17 Å². The van der Waals surface area contributed by atoms with E-state index in [-0.39, 0.29) is 17.5 Å². The highest BCUT2D eigenvalue weighted by Crippen LogP contribution is 2.61. The summed E-state index contributed by atoms with van der Waals surface area (Å²) in [5.41, 5.74) is 17.8. The van der Waals surface area contributed by atoms with Crippen LogP contribution in [0.15, 0.2) is 121 Å². The second-order valence-electron chi connectivity index (χ2n) is 13.7. The van der Waals surface area contributed by atoms with E-state index in [0.29, 0.717) is 0 Å². The molecule has 2 aliphatic carbocycles. The molecule has 2 aliphatic heterocycles. The lowest BCUT2D eigenvalue weighted by Gasteiger charge is -2.43. The van der Waals surface area contributed by atoms with Crippen LogP contribution in [-0.4, -0.2) is 11.3 Å². The summed E-state index contributed by atoms with van der Waals surface area (Å²) in [5, 5.41) is 2.68. The smallest absolute Gasteiger partial charge is 0.249 e. The first-order valence-corrected chi connectivity index (χ1v) is 15.5. The second kappa shape index (κ2) is 7.60. The molecule has 0 atom stereocenters. The molecule has 0 saturated carbocycles. The molecule has 1 aromatic heterocycles.